The molecule has 0 aliphatic carbocycles. The minimum atomic E-state index is -0.883. The summed E-state index contributed by atoms with van der Waals surface area (Å²) < 4.78 is 19.2. The molecule has 4 aromatic rings. The van der Waals surface area contributed by atoms with Crippen molar-refractivity contribution in [2.75, 3.05) is 31.1 Å². The third kappa shape index (κ3) is 4.61. The van der Waals surface area contributed by atoms with Gasteiger partial charge in [0.05, 0.1) is 0 Å². The summed E-state index contributed by atoms with van der Waals surface area (Å²) in [4.78, 5) is 19.7. The molecule has 0 bridgehead atoms. The summed E-state index contributed by atoms with van der Waals surface area (Å²) in [6.45, 7) is 2.96. The zero-order valence-electron chi connectivity index (χ0n) is 18.7. The Morgan fingerprint density at radius 2 is 1.74 bits per heavy atom. The molecule has 5 rings (SSSR count). The molecule has 1 aromatic heterocycles. The van der Waals surface area contributed by atoms with Crippen LogP contribution < -0.4 is 9.64 Å². The molecule has 1 saturated heterocycles. The van der Waals surface area contributed by atoms with Crippen LogP contribution in [-0.4, -0.2) is 47.1 Å². The molecule has 1 aliphatic rings. The SMILES string of the molecule is O=C(O)[C@H](c1c[nH]c2ccc(OCc3ccccc3)cc12)N1CCN(c2ccc(F)cc2)CC1. The Balaban J connectivity index is 1.34. The fraction of sp³-hybridized carbons (Fsp3) is 0.222. The second kappa shape index (κ2) is 9.57. The first-order chi connectivity index (χ1) is 16.6. The van der Waals surface area contributed by atoms with Crippen LogP contribution in [0.15, 0.2) is 79.0 Å². The standard InChI is InChI=1S/C27H26FN3O3/c28-20-6-8-21(9-7-20)30-12-14-31(15-13-30)26(27(32)33)24-17-29-25-11-10-22(16-23(24)25)34-18-19-4-2-1-3-5-19/h1-11,16-17,26,29H,12-15,18H2,(H,32,33)/t26-/m0/s1. The second-order valence-electron chi connectivity index (χ2n) is 8.47. The fourth-order valence-electron chi connectivity index (χ4n) is 4.55. The van der Waals surface area contributed by atoms with Gasteiger partial charge in [0.15, 0.2) is 0 Å². The number of carboxylic acid groups (broad SMARTS) is 1. The van der Waals surface area contributed by atoms with Crippen molar-refractivity contribution < 1.29 is 19.0 Å². The van der Waals surface area contributed by atoms with Gasteiger partial charge >= 0.3 is 5.97 Å². The molecule has 0 amide bonds. The number of benzene rings is 3. The van der Waals surface area contributed by atoms with Crippen LogP contribution in [0.25, 0.3) is 10.9 Å². The molecular weight excluding hydrogens is 433 g/mol. The number of hydrogen-bond donors (Lipinski definition) is 2. The van der Waals surface area contributed by atoms with E-state index >= 15 is 0 Å². The van der Waals surface area contributed by atoms with Crippen molar-refractivity contribution in [1.82, 2.24) is 9.88 Å². The maximum absolute atomic E-state index is 13.3. The molecule has 2 N–H and O–H groups in total. The first-order valence-electron chi connectivity index (χ1n) is 11.3. The molecule has 174 valence electrons. The van der Waals surface area contributed by atoms with Crippen molar-refractivity contribution in [3.63, 3.8) is 0 Å². The van der Waals surface area contributed by atoms with E-state index in [2.05, 4.69) is 9.88 Å². The topological polar surface area (TPSA) is 68.8 Å². The van der Waals surface area contributed by atoms with Gasteiger partial charge in [-0.25, -0.2) is 4.39 Å². The number of halogens is 1. The van der Waals surface area contributed by atoms with E-state index in [0.29, 0.717) is 38.5 Å². The number of nitrogens with one attached hydrogen (secondary N) is 1. The molecule has 2 heterocycles. The number of ether oxygens (including phenoxy) is 1. The molecule has 7 heteroatoms. The van der Waals surface area contributed by atoms with E-state index in [9.17, 15) is 14.3 Å². The minimum absolute atomic E-state index is 0.264. The lowest BCUT2D eigenvalue weighted by atomic mass is 10.0. The zero-order valence-corrected chi connectivity index (χ0v) is 18.7. The summed E-state index contributed by atoms with van der Waals surface area (Å²) in [6, 6.07) is 21.3. The molecular formula is C27H26FN3O3. The lowest BCUT2D eigenvalue weighted by Crippen LogP contribution is -2.49. The van der Waals surface area contributed by atoms with E-state index in [4.69, 9.17) is 4.74 Å². The van der Waals surface area contributed by atoms with Gasteiger partial charge in [0.25, 0.3) is 0 Å². The maximum atomic E-state index is 13.3. The van der Waals surface area contributed by atoms with E-state index in [1.807, 2.05) is 53.4 Å². The Bertz CT molecular complexity index is 1270. The molecule has 34 heavy (non-hydrogen) atoms. The van der Waals surface area contributed by atoms with Crippen LogP contribution in [0.1, 0.15) is 17.2 Å². The number of carbonyl (C=O) groups is 1. The van der Waals surface area contributed by atoms with Gasteiger partial charge < -0.3 is 19.7 Å². The Morgan fingerprint density at radius 1 is 1.00 bits per heavy atom. The Hall–Kier alpha value is -3.84. The average molecular weight is 460 g/mol. The highest BCUT2D eigenvalue weighted by Gasteiger charge is 2.32. The Morgan fingerprint density at radius 3 is 2.44 bits per heavy atom. The molecule has 1 fully saturated rings. The van der Waals surface area contributed by atoms with Gasteiger partial charge in [0.1, 0.15) is 24.2 Å². The van der Waals surface area contributed by atoms with Gasteiger partial charge in [0.2, 0.25) is 0 Å². The minimum Gasteiger partial charge on any atom is -0.489 e. The molecule has 1 aliphatic heterocycles. The number of aliphatic carboxylic acids is 1. The number of piperazine rings is 1. The number of hydrogen-bond acceptors (Lipinski definition) is 4. The van der Waals surface area contributed by atoms with Crippen LogP contribution in [0.4, 0.5) is 10.1 Å². The number of anilines is 1. The summed E-state index contributed by atoms with van der Waals surface area (Å²) >= 11 is 0. The highest BCUT2D eigenvalue weighted by Crippen LogP contribution is 2.32. The molecule has 0 unspecified atom stereocenters. The average Bonchev–Trinajstić information content (AvgIpc) is 3.27. The van der Waals surface area contributed by atoms with Gasteiger partial charge in [-0.1, -0.05) is 30.3 Å². The molecule has 0 spiro atoms. The van der Waals surface area contributed by atoms with Crippen molar-refractivity contribution in [3.05, 3.63) is 95.9 Å². The third-order valence-electron chi connectivity index (χ3n) is 6.33. The van der Waals surface area contributed by atoms with Crippen molar-refractivity contribution in [2.24, 2.45) is 0 Å². The lowest BCUT2D eigenvalue weighted by Gasteiger charge is -2.38. The van der Waals surface area contributed by atoms with E-state index in [1.54, 1.807) is 18.3 Å². The number of H-pyrrole nitrogens is 1. The highest BCUT2D eigenvalue weighted by molar-refractivity contribution is 5.90. The van der Waals surface area contributed by atoms with E-state index in [0.717, 1.165) is 27.7 Å². The number of rotatable bonds is 7. The van der Waals surface area contributed by atoms with Crippen LogP contribution in [0.5, 0.6) is 5.75 Å². The van der Waals surface area contributed by atoms with Gasteiger partial charge in [0, 0.05) is 54.5 Å². The molecule has 6 nitrogen and oxygen atoms in total. The van der Waals surface area contributed by atoms with Crippen LogP contribution in [-0.2, 0) is 11.4 Å². The molecule has 1 atom stereocenters. The summed E-state index contributed by atoms with van der Waals surface area (Å²) in [5.74, 6) is -0.450. The van der Waals surface area contributed by atoms with Crippen molar-refractivity contribution >= 4 is 22.6 Å². The number of nitrogens with zero attached hydrogens (tertiary/aromatic N) is 2. The molecule has 0 saturated carbocycles. The predicted molar refractivity (Wildman–Crippen MR) is 130 cm³/mol. The van der Waals surface area contributed by atoms with Crippen LogP contribution in [0, 0.1) is 5.82 Å². The molecule has 3 aromatic carbocycles. The summed E-state index contributed by atoms with van der Waals surface area (Å²) in [5.41, 5.74) is 3.61. The number of carboxylic acids is 1. The largest absolute Gasteiger partial charge is 0.489 e. The van der Waals surface area contributed by atoms with Crippen molar-refractivity contribution in [3.8, 4) is 5.75 Å². The summed E-state index contributed by atoms with van der Waals surface area (Å²) in [5, 5.41) is 11.0. The molecule has 0 radical (unpaired) electrons. The maximum Gasteiger partial charge on any atom is 0.325 e. The van der Waals surface area contributed by atoms with Crippen LogP contribution in [0.2, 0.25) is 0 Å². The Kier molecular flexibility index (Phi) is 6.18. The van der Waals surface area contributed by atoms with Gasteiger partial charge in [-0.3, -0.25) is 9.69 Å². The third-order valence-corrected chi connectivity index (χ3v) is 6.33. The van der Waals surface area contributed by atoms with Gasteiger partial charge in [-0.05, 0) is 48.0 Å². The zero-order chi connectivity index (χ0) is 23.5. The van der Waals surface area contributed by atoms with E-state index in [1.165, 1.54) is 12.1 Å². The number of aromatic nitrogens is 1. The number of aromatic amines is 1. The van der Waals surface area contributed by atoms with Crippen LogP contribution in [0.3, 0.4) is 0 Å². The number of fused-ring (bicyclic) bond motifs is 1. The second-order valence-corrected chi connectivity index (χ2v) is 8.47. The first kappa shape index (κ1) is 22.0. The van der Waals surface area contributed by atoms with Gasteiger partial charge in [-0.15, -0.1) is 0 Å². The highest BCUT2D eigenvalue weighted by atomic mass is 19.1. The first-order valence-corrected chi connectivity index (χ1v) is 11.3. The van der Waals surface area contributed by atoms with Gasteiger partial charge in [-0.2, -0.15) is 0 Å². The van der Waals surface area contributed by atoms with E-state index < -0.39 is 12.0 Å². The lowest BCUT2D eigenvalue weighted by molar-refractivity contribution is -0.143. The van der Waals surface area contributed by atoms with Crippen molar-refractivity contribution in [1.29, 1.82) is 0 Å². The smallest absolute Gasteiger partial charge is 0.325 e. The normalized spacial score (nSPS) is 15.4. The monoisotopic (exact) mass is 459 g/mol. The van der Waals surface area contributed by atoms with E-state index in [-0.39, 0.29) is 5.82 Å². The summed E-state index contributed by atoms with van der Waals surface area (Å²) in [6.07, 6.45) is 1.79. The quantitative estimate of drug-likeness (QED) is 0.414. The van der Waals surface area contributed by atoms with Crippen molar-refractivity contribution in [2.45, 2.75) is 12.6 Å². The Labute approximate surface area is 197 Å². The fourth-order valence-corrected chi connectivity index (χ4v) is 4.55. The van der Waals surface area contributed by atoms with Crippen LogP contribution >= 0.6 is 0 Å². The predicted octanol–water partition coefficient (Wildman–Crippen LogP) is 4.83. The summed E-state index contributed by atoms with van der Waals surface area (Å²) in [7, 11) is 0.